The van der Waals surface area contributed by atoms with Gasteiger partial charge >= 0.3 is 0 Å². The van der Waals surface area contributed by atoms with Crippen molar-refractivity contribution in [2.24, 2.45) is 17.6 Å². The highest BCUT2D eigenvalue weighted by molar-refractivity contribution is 4.83. The third kappa shape index (κ3) is 3.76. The highest BCUT2D eigenvalue weighted by Crippen LogP contribution is 2.23. The van der Waals surface area contributed by atoms with Crippen LogP contribution in [0.5, 0.6) is 0 Å². The average molecular weight is 157 g/mol. The summed E-state index contributed by atoms with van der Waals surface area (Å²) >= 11 is 0. The average Bonchev–Trinajstić information content (AvgIpc) is 1.86. The summed E-state index contributed by atoms with van der Waals surface area (Å²) in [6.45, 7) is 11.0. The molecule has 0 heterocycles. The van der Waals surface area contributed by atoms with Crippen LogP contribution in [0.1, 0.15) is 47.5 Å². The third-order valence-corrected chi connectivity index (χ3v) is 2.80. The predicted molar refractivity (Wildman–Crippen MR) is 51.5 cm³/mol. The van der Waals surface area contributed by atoms with Crippen molar-refractivity contribution in [3.63, 3.8) is 0 Å². The van der Waals surface area contributed by atoms with Crippen molar-refractivity contribution in [3.05, 3.63) is 0 Å². The van der Waals surface area contributed by atoms with Gasteiger partial charge in [0.1, 0.15) is 0 Å². The van der Waals surface area contributed by atoms with Crippen LogP contribution in [0.2, 0.25) is 0 Å². The first-order valence-corrected chi connectivity index (χ1v) is 4.69. The van der Waals surface area contributed by atoms with Crippen LogP contribution in [0.25, 0.3) is 0 Å². The van der Waals surface area contributed by atoms with E-state index in [1.165, 1.54) is 6.42 Å². The Morgan fingerprint density at radius 2 is 1.73 bits per heavy atom. The Morgan fingerprint density at radius 3 is 2.00 bits per heavy atom. The van der Waals surface area contributed by atoms with Crippen LogP contribution in [-0.2, 0) is 0 Å². The summed E-state index contributed by atoms with van der Waals surface area (Å²) in [6.07, 6.45) is 2.38. The Bertz CT molecular complexity index is 105. The lowest BCUT2D eigenvalue weighted by atomic mass is 9.81. The molecule has 0 fully saturated rings. The summed E-state index contributed by atoms with van der Waals surface area (Å²) in [7, 11) is 0. The van der Waals surface area contributed by atoms with Gasteiger partial charge < -0.3 is 5.73 Å². The molecular weight excluding hydrogens is 134 g/mol. The second-order valence-corrected chi connectivity index (χ2v) is 4.38. The Labute approximate surface area is 71.4 Å². The number of rotatable bonds is 4. The molecule has 0 amide bonds. The number of nitrogens with two attached hydrogens (primary N) is 1. The van der Waals surface area contributed by atoms with Crippen molar-refractivity contribution in [3.8, 4) is 0 Å². The second-order valence-electron chi connectivity index (χ2n) is 4.38. The summed E-state index contributed by atoms with van der Waals surface area (Å²) in [6, 6.07) is 0. The molecule has 0 aliphatic rings. The van der Waals surface area contributed by atoms with Gasteiger partial charge in [-0.3, -0.25) is 0 Å². The Kier molecular flexibility index (Phi) is 4.09. The van der Waals surface area contributed by atoms with Crippen molar-refractivity contribution in [1.82, 2.24) is 0 Å². The largest absolute Gasteiger partial charge is 0.325 e. The summed E-state index contributed by atoms with van der Waals surface area (Å²) in [5, 5.41) is 0. The predicted octanol–water partition coefficient (Wildman–Crippen LogP) is 2.80. The van der Waals surface area contributed by atoms with Gasteiger partial charge in [-0.2, -0.15) is 0 Å². The molecule has 68 valence electrons. The van der Waals surface area contributed by atoms with E-state index < -0.39 is 0 Å². The summed E-state index contributed by atoms with van der Waals surface area (Å²) in [5.74, 6) is 1.34. The summed E-state index contributed by atoms with van der Waals surface area (Å²) < 4.78 is 0. The van der Waals surface area contributed by atoms with Gasteiger partial charge in [0.2, 0.25) is 0 Å². The fourth-order valence-electron chi connectivity index (χ4n) is 1.13. The fraction of sp³-hybridized carbons (Fsp3) is 1.00. The van der Waals surface area contributed by atoms with Crippen LogP contribution < -0.4 is 5.73 Å². The molecule has 0 aliphatic heterocycles. The van der Waals surface area contributed by atoms with Crippen LogP contribution >= 0.6 is 0 Å². The maximum atomic E-state index is 6.14. The highest BCUT2D eigenvalue weighted by atomic mass is 14.7. The van der Waals surface area contributed by atoms with Crippen molar-refractivity contribution >= 4 is 0 Å². The van der Waals surface area contributed by atoms with Crippen molar-refractivity contribution in [1.29, 1.82) is 0 Å². The zero-order valence-electron chi connectivity index (χ0n) is 8.65. The van der Waals surface area contributed by atoms with Crippen LogP contribution in [0.15, 0.2) is 0 Å². The molecule has 2 atom stereocenters. The van der Waals surface area contributed by atoms with E-state index in [2.05, 4.69) is 34.6 Å². The molecule has 0 spiro atoms. The smallest absolute Gasteiger partial charge is 0.0151 e. The van der Waals surface area contributed by atoms with Crippen LogP contribution in [0, 0.1) is 11.8 Å². The first-order chi connectivity index (χ1) is 4.90. The molecule has 0 aromatic carbocycles. The summed E-state index contributed by atoms with van der Waals surface area (Å²) in [4.78, 5) is 0. The van der Waals surface area contributed by atoms with E-state index in [0.717, 1.165) is 12.3 Å². The molecule has 0 aliphatic carbocycles. The van der Waals surface area contributed by atoms with Gasteiger partial charge in [-0.1, -0.05) is 34.1 Å². The lowest BCUT2D eigenvalue weighted by molar-refractivity contribution is 0.269. The standard InChI is InChI=1S/C10H23N/c1-6-9(4)7-10(5,11)8(2)3/h8-9H,6-7,11H2,1-5H3. The Balaban J connectivity index is 3.90. The van der Waals surface area contributed by atoms with Crippen LogP contribution in [0.4, 0.5) is 0 Å². The van der Waals surface area contributed by atoms with E-state index >= 15 is 0 Å². The topological polar surface area (TPSA) is 26.0 Å². The lowest BCUT2D eigenvalue weighted by Crippen LogP contribution is -2.43. The van der Waals surface area contributed by atoms with E-state index in [-0.39, 0.29) is 5.54 Å². The van der Waals surface area contributed by atoms with Gasteiger partial charge in [0.05, 0.1) is 0 Å². The molecule has 0 saturated heterocycles. The Hall–Kier alpha value is -0.0400. The Morgan fingerprint density at radius 1 is 1.27 bits per heavy atom. The quantitative estimate of drug-likeness (QED) is 0.667. The molecule has 0 aromatic rings. The van der Waals surface area contributed by atoms with Crippen molar-refractivity contribution in [2.75, 3.05) is 0 Å². The number of hydrogen-bond donors (Lipinski definition) is 1. The van der Waals surface area contributed by atoms with Gasteiger partial charge in [0, 0.05) is 5.54 Å². The third-order valence-electron chi connectivity index (χ3n) is 2.80. The van der Waals surface area contributed by atoms with E-state index in [9.17, 15) is 0 Å². The zero-order chi connectivity index (χ0) is 9.07. The SMILES string of the molecule is CCC(C)CC(C)(N)C(C)C. The van der Waals surface area contributed by atoms with Gasteiger partial charge in [-0.25, -0.2) is 0 Å². The van der Waals surface area contributed by atoms with E-state index in [0.29, 0.717) is 5.92 Å². The zero-order valence-corrected chi connectivity index (χ0v) is 8.65. The monoisotopic (exact) mass is 157 g/mol. The molecule has 0 rings (SSSR count). The molecule has 0 bridgehead atoms. The molecule has 2 N–H and O–H groups in total. The molecule has 1 nitrogen and oxygen atoms in total. The lowest BCUT2D eigenvalue weighted by Gasteiger charge is -2.31. The van der Waals surface area contributed by atoms with E-state index in [1.54, 1.807) is 0 Å². The highest BCUT2D eigenvalue weighted by Gasteiger charge is 2.24. The van der Waals surface area contributed by atoms with E-state index in [4.69, 9.17) is 5.73 Å². The maximum absolute atomic E-state index is 6.14. The first kappa shape index (κ1) is 11.0. The minimum atomic E-state index is 0.0232. The van der Waals surface area contributed by atoms with Gasteiger partial charge in [-0.05, 0) is 25.2 Å². The van der Waals surface area contributed by atoms with E-state index in [1.807, 2.05) is 0 Å². The van der Waals surface area contributed by atoms with Crippen molar-refractivity contribution in [2.45, 2.75) is 53.0 Å². The van der Waals surface area contributed by atoms with Gasteiger partial charge in [-0.15, -0.1) is 0 Å². The molecule has 11 heavy (non-hydrogen) atoms. The van der Waals surface area contributed by atoms with Gasteiger partial charge in [0.15, 0.2) is 0 Å². The second kappa shape index (κ2) is 4.10. The van der Waals surface area contributed by atoms with Gasteiger partial charge in [0.25, 0.3) is 0 Å². The molecule has 0 radical (unpaired) electrons. The van der Waals surface area contributed by atoms with Crippen molar-refractivity contribution < 1.29 is 0 Å². The van der Waals surface area contributed by atoms with Crippen LogP contribution in [0.3, 0.4) is 0 Å². The normalized spacial score (nSPS) is 19.9. The van der Waals surface area contributed by atoms with Crippen LogP contribution in [-0.4, -0.2) is 5.54 Å². The minimum Gasteiger partial charge on any atom is -0.325 e. The molecule has 0 aromatic heterocycles. The first-order valence-electron chi connectivity index (χ1n) is 4.69. The molecule has 2 unspecified atom stereocenters. The summed E-state index contributed by atoms with van der Waals surface area (Å²) in [5.41, 5.74) is 6.16. The number of hydrogen-bond acceptors (Lipinski definition) is 1. The fourth-order valence-corrected chi connectivity index (χ4v) is 1.13. The minimum absolute atomic E-state index is 0.0232. The molecule has 1 heteroatoms. The molecular formula is C10H23N. The maximum Gasteiger partial charge on any atom is 0.0151 e. The molecule has 0 saturated carbocycles.